The molecule has 2 heterocycles. The highest BCUT2D eigenvalue weighted by Crippen LogP contribution is 2.31. The number of nitrogens with zero attached hydrogens (tertiary/aromatic N) is 2. The first-order valence-electron chi connectivity index (χ1n) is 15.1. The first-order chi connectivity index (χ1) is 24.1. The molecule has 3 aromatic carbocycles. The second-order valence-electron chi connectivity index (χ2n) is 12.2. The van der Waals surface area contributed by atoms with E-state index >= 15 is 0 Å². The third-order valence-electron chi connectivity index (χ3n) is 7.81. The van der Waals surface area contributed by atoms with Crippen molar-refractivity contribution in [1.82, 2.24) is 9.97 Å². The number of carbonyl (C=O) groups is 2. The number of para-hydroxylation sites is 1. The van der Waals surface area contributed by atoms with Crippen LogP contribution in [0.3, 0.4) is 0 Å². The Labute approximate surface area is 308 Å². The molecule has 2 aromatic heterocycles. The molecule has 2 N–H and O–H groups in total. The zero-order valence-electron chi connectivity index (χ0n) is 27.9. The summed E-state index contributed by atoms with van der Waals surface area (Å²) in [7, 11) is -8.04. The van der Waals surface area contributed by atoms with E-state index in [1.54, 1.807) is 6.07 Å². The van der Waals surface area contributed by atoms with Crippen molar-refractivity contribution in [3.63, 3.8) is 0 Å². The third-order valence-corrected chi connectivity index (χ3v) is 13.2. The fourth-order valence-electron chi connectivity index (χ4n) is 4.41. The van der Waals surface area contributed by atoms with Gasteiger partial charge in [0.05, 0.1) is 27.2 Å². The second kappa shape index (κ2) is 15.2. The topological polar surface area (TPSA) is 152 Å². The highest BCUT2D eigenvalue weighted by molar-refractivity contribution is 7.94. The lowest BCUT2D eigenvalue weighted by Gasteiger charge is -2.24. The van der Waals surface area contributed by atoms with Crippen molar-refractivity contribution < 1.29 is 39.6 Å². The number of carbonyl (C=O) groups excluding carboxylic acids is 2. The van der Waals surface area contributed by atoms with Crippen LogP contribution in [0.25, 0.3) is 10.9 Å². The first-order valence-corrected chi connectivity index (χ1v) is 18.8. The van der Waals surface area contributed by atoms with E-state index in [2.05, 4.69) is 20.6 Å². The fraction of sp³-hybridized carbons (Fsp3) is 0.200. The molecular weight excluding hydrogens is 764 g/mol. The SMILES string of the molecule is CC(C)(C(=O)Nc1cccc(C(F)(F)F)n1)S(=O)(=O)c1ccc(Cl)cc1.CC(C)(C(=O)Nc1cnc2ccccc2c1)S(=O)(=O)c1ccc(Cl)cc1. The molecule has 5 aromatic rings. The molecule has 10 nitrogen and oxygen atoms in total. The molecule has 0 bridgehead atoms. The van der Waals surface area contributed by atoms with Crippen LogP contribution in [0.15, 0.2) is 113 Å². The van der Waals surface area contributed by atoms with Gasteiger partial charge in [-0.25, -0.2) is 21.8 Å². The van der Waals surface area contributed by atoms with E-state index in [1.165, 1.54) is 68.6 Å². The molecule has 17 heteroatoms. The maximum Gasteiger partial charge on any atom is 0.433 e. The minimum atomic E-state index is -4.69. The van der Waals surface area contributed by atoms with Gasteiger partial charge in [-0.2, -0.15) is 13.2 Å². The van der Waals surface area contributed by atoms with Crippen LogP contribution < -0.4 is 10.6 Å². The molecule has 0 aliphatic heterocycles. The van der Waals surface area contributed by atoms with Crippen molar-refractivity contribution in [2.75, 3.05) is 10.6 Å². The maximum absolute atomic E-state index is 12.9. The average molecular weight is 796 g/mol. The standard InChI is InChI=1S/C19H17ClN2O3S.C16H14ClF3N2O3S/c1-19(2,26(24,25)16-9-7-14(20)8-10-16)18(23)22-15-11-13-5-3-4-6-17(13)21-12-15;1-15(2,26(24,25)11-8-6-10(17)7-9-11)14(23)22-13-5-3-4-12(21-13)16(18,19)20/h3-12H,1-2H3,(H,22,23);3-9H,1-2H3,(H,21,22,23). The normalized spacial score (nSPS) is 12.4. The summed E-state index contributed by atoms with van der Waals surface area (Å²) in [4.78, 5) is 32.6. The number of alkyl halides is 3. The van der Waals surface area contributed by atoms with Gasteiger partial charge in [0.25, 0.3) is 0 Å². The largest absolute Gasteiger partial charge is 0.433 e. The van der Waals surface area contributed by atoms with Crippen LogP contribution >= 0.6 is 23.2 Å². The molecule has 274 valence electrons. The molecule has 0 unspecified atom stereocenters. The predicted molar refractivity (Wildman–Crippen MR) is 194 cm³/mol. The van der Waals surface area contributed by atoms with Crippen LogP contribution in [0.2, 0.25) is 10.0 Å². The second-order valence-corrected chi connectivity index (χ2v) is 18.0. The Bertz CT molecular complexity index is 2340. The molecule has 5 rings (SSSR count). The van der Waals surface area contributed by atoms with Crippen LogP contribution in [0.5, 0.6) is 0 Å². The fourth-order valence-corrected chi connectivity index (χ4v) is 7.42. The number of pyridine rings is 2. The summed E-state index contributed by atoms with van der Waals surface area (Å²) in [6.07, 6.45) is -3.18. The molecule has 2 amide bonds. The van der Waals surface area contributed by atoms with Crippen molar-refractivity contribution in [3.8, 4) is 0 Å². The van der Waals surface area contributed by atoms with E-state index in [4.69, 9.17) is 23.2 Å². The molecule has 0 saturated carbocycles. The molecule has 0 atom stereocenters. The van der Waals surface area contributed by atoms with Gasteiger partial charge in [-0.05, 0) is 100 Å². The Hall–Kier alpha value is -4.57. The summed E-state index contributed by atoms with van der Waals surface area (Å²) in [6.45, 7) is 5.06. The van der Waals surface area contributed by atoms with Crippen molar-refractivity contribution in [2.24, 2.45) is 0 Å². The molecule has 0 spiro atoms. The van der Waals surface area contributed by atoms with Gasteiger partial charge < -0.3 is 10.6 Å². The number of nitrogens with one attached hydrogen (secondary N) is 2. The zero-order valence-corrected chi connectivity index (χ0v) is 31.0. The Morgan fingerprint density at radius 3 is 1.63 bits per heavy atom. The predicted octanol–water partition coefficient (Wildman–Crippen LogP) is 8.02. The first kappa shape index (κ1) is 40.2. The van der Waals surface area contributed by atoms with Crippen LogP contribution in [0, 0.1) is 0 Å². The van der Waals surface area contributed by atoms with E-state index < -0.39 is 58.7 Å². The van der Waals surface area contributed by atoms with Gasteiger partial charge in [-0.3, -0.25) is 14.6 Å². The molecular formula is C35H31Cl2F3N4O6S2. The smallest absolute Gasteiger partial charge is 0.323 e. The number of fused-ring (bicyclic) bond motifs is 1. The van der Waals surface area contributed by atoms with Crippen molar-refractivity contribution in [2.45, 2.75) is 53.2 Å². The van der Waals surface area contributed by atoms with E-state index in [-0.39, 0.29) is 9.79 Å². The number of rotatable bonds is 8. The van der Waals surface area contributed by atoms with Crippen molar-refractivity contribution in [3.05, 3.63) is 119 Å². The minimum Gasteiger partial charge on any atom is -0.323 e. The Balaban J connectivity index is 0.000000233. The number of aromatic nitrogens is 2. The van der Waals surface area contributed by atoms with Gasteiger partial charge in [-0.1, -0.05) is 47.5 Å². The lowest BCUT2D eigenvalue weighted by molar-refractivity contribution is -0.141. The van der Waals surface area contributed by atoms with Crippen LogP contribution in [0.1, 0.15) is 33.4 Å². The van der Waals surface area contributed by atoms with Gasteiger partial charge in [0.2, 0.25) is 11.8 Å². The third kappa shape index (κ3) is 8.72. The van der Waals surface area contributed by atoms with Crippen LogP contribution in [-0.2, 0) is 35.4 Å². The molecule has 0 radical (unpaired) electrons. The quantitative estimate of drug-likeness (QED) is 0.160. The van der Waals surface area contributed by atoms with Gasteiger partial charge in [-0.15, -0.1) is 0 Å². The van der Waals surface area contributed by atoms with Gasteiger partial charge in [0.15, 0.2) is 19.7 Å². The van der Waals surface area contributed by atoms with Crippen LogP contribution in [-0.4, -0.2) is 48.1 Å². The average Bonchev–Trinajstić information content (AvgIpc) is 3.08. The van der Waals surface area contributed by atoms with Crippen molar-refractivity contribution >= 4 is 77.1 Å². The highest BCUT2D eigenvalue weighted by atomic mass is 35.5. The number of halogens is 5. The molecule has 52 heavy (non-hydrogen) atoms. The summed E-state index contributed by atoms with van der Waals surface area (Å²) in [5, 5.41) is 6.38. The van der Waals surface area contributed by atoms with E-state index in [9.17, 15) is 39.6 Å². The summed E-state index contributed by atoms with van der Waals surface area (Å²) in [6, 6.07) is 23.1. The number of anilines is 2. The lowest BCUT2D eigenvalue weighted by Crippen LogP contribution is -2.44. The molecule has 0 aliphatic carbocycles. The number of hydrogen-bond donors (Lipinski definition) is 2. The van der Waals surface area contributed by atoms with Crippen molar-refractivity contribution in [1.29, 1.82) is 0 Å². The summed E-state index contributed by atoms with van der Waals surface area (Å²) in [5.74, 6) is -2.05. The Morgan fingerprint density at radius 2 is 1.13 bits per heavy atom. The number of hydrogen-bond acceptors (Lipinski definition) is 8. The Kier molecular flexibility index (Phi) is 11.7. The Morgan fingerprint density at radius 1 is 0.654 bits per heavy atom. The summed E-state index contributed by atoms with van der Waals surface area (Å²) >= 11 is 11.5. The monoisotopic (exact) mass is 794 g/mol. The minimum absolute atomic E-state index is 0.0405. The number of benzene rings is 3. The summed E-state index contributed by atoms with van der Waals surface area (Å²) < 4.78 is 85.7. The van der Waals surface area contributed by atoms with Gasteiger partial charge in [0, 0.05) is 15.4 Å². The van der Waals surface area contributed by atoms with Gasteiger partial charge >= 0.3 is 6.18 Å². The molecule has 0 saturated heterocycles. The van der Waals surface area contributed by atoms with E-state index in [1.807, 2.05) is 24.3 Å². The molecule has 0 aliphatic rings. The van der Waals surface area contributed by atoms with Crippen LogP contribution in [0.4, 0.5) is 24.7 Å². The lowest BCUT2D eigenvalue weighted by atomic mass is 10.1. The summed E-state index contributed by atoms with van der Waals surface area (Å²) in [5.41, 5.74) is 0.0280. The van der Waals surface area contributed by atoms with E-state index in [0.29, 0.717) is 15.7 Å². The van der Waals surface area contributed by atoms with E-state index in [0.717, 1.165) is 42.9 Å². The number of sulfone groups is 2. The zero-order chi connectivity index (χ0) is 38.7. The van der Waals surface area contributed by atoms with Gasteiger partial charge in [0.1, 0.15) is 21.0 Å². The highest BCUT2D eigenvalue weighted by Gasteiger charge is 2.44. The molecule has 0 fully saturated rings. The number of amides is 2. The maximum atomic E-state index is 12.9.